The minimum Gasteiger partial charge on any atom is -0.354 e. The maximum absolute atomic E-state index is 12.5. The van der Waals surface area contributed by atoms with Crippen molar-refractivity contribution in [1.29, 1.82) is 0 Å². The lowest BCUT2D eigenvalue weighted by molar-refractivity contribution is -0.131. The predicted octanol–water partition coefficient (Wildman–Crippen LogP) is 4.65. The number of hydrogen-bond donors (Lipinski definition) is 3. The van der Waals surface area contributed by atoms with E-state index < -0.39 is 158 Å². The number of H-pyrrole nitrogens is 3. The first-order valence-electron chi connectivity index (χ1n) is 33.3. The van der Waals surface area contributed by atoms with Crippen molar-refractivity contribution in [2.24, 2.45) is 17.7 Å². The van der Waals surface area contributed by atoms with Gasteiger partial charge < -0.3 is 58.9 Å². The molecule has 6 atom stereocenters. The van der Waals surface area contributed by atoms with Crippen LogP contribution in [0.3, 0.4) is 0 Å². The zero-order valence-electron chi connectivity index (χ0n) is 61.9. The van der Waals surface area contributed by atoms with Crippen LogP contribution in [-0.2, 0) is 14.4 Å². The smallest absolute Gasteiger partial charge is 0.302 e. The number of fused-ring (bicyclic) bond motifs is 3. The fourth-order valence-corrected chi connectivity index (χ4v) is 7.20. The van der Waals surface area contributed by atoms with Crippen molar-refractivity contribution in [1.82, 2.24) is 59.6 Å². The van der Waals surface area contributed by atoms with Crippen molar-refractivity contribution in [2.75, 3.05) is 94.5 Å². The molecule has 3 fully saturated rings. The van der Waals surface area contributed by atoms with Gasteiger partial charge in [-0.25, -0.2) is 49.6 Å². The molecule has 21 nitrogen and oxygen atoms in total. The van der Waals surface area contributed by atoms with E-state index >= 15 is 0 Å². The lowest BCUT2D eigenvalue weighted by Crippen LogP contribution is -2.53. The summed E-state index contributed by atoms with van der Waals surface area (Å²) in [5.74, 6) is -9.76. The molecule has 6 aromatic rings. The van der Waals surface area contributed by atoms with E-state index in [9.17, 15) is 14.4 Å². The highest BCUT2D eigenvalue weighted by atomic mass is 16.2. The largest absolute Gasteiger partial charge is 0.354 e. The minimum atomic E-state index is -3.17. The van der Waals surface area contributed by atoms with Crippen LogP contribution in [0.5, 0.6) is 0 Å². The molecule has 9 rings (SSSR count). The number of anilines is 3. The number of hydrogen-bond acceptors (Lipinski definition) is 12. The molecule has 21 heteroatoms. The van der Waals surface area contributed by atoms with E-state index in [1.165, 1.54) is 50.8 Å². The average molecular weight is 962 g/mol. The SMILES string of the molecule is [2H]c1nc(N(C([2H])([2H])[2H])[C@@]2([2H])C([2H])([2H])N(C(=O)C[N+]#[C-])CC[C@@]2([2H])C)c2cc[nH]c2n1.[2H]c1nc(N(C)[C@@]2([2H])C([2H])([2H])N(C(=O)C[N+]#[C-])CC[C@@]2([2H])C([2H])([2H])[2H])c2cc[nH]c2n1.[2H]c1nc(N([C@@H]2[C@H](C([2H])([2H])[2H])CCN(C(=O)C[N+]#[C-])C2([2H])[2H])C([2H])([2H])[2H])c2cc[nH]c2n1. The Labute approximate surface area is 436 Å². The Hall–Kier alpha value is -7.86. The van der Waals surface area contributed by atoms with Gasteiger partial charge in [0.25, 0.3) is 19.6 Å². The van der Waals surface area contributed by atoms with Gasteiger partial charge in [-0.3, -0.25) is 14.4 Å². The number of carbonyl (C=O) groups is 3. The van der Waals surface area contributed by atoms with E-state index in [2.05, 4.69) is 59.4 Å². The van der Waals surface area contributed by atoms with Gasteiger partial charge in [-0.1, -0.05) is 20.6 Å². The van der Waals surface area contributed by atoms with Crippen LogP contribution in [0.1, 0.15) is 74.2 Å². The maximum Gasteiger partial charge on any atom is 0.302 e. The van der Waals surface area contributed by atoms with E-state index in [1.807, 2.05) is 0 Å². The number of nitrogens with one attached hydrogen (secondary N) is 3. The molecule has 69 heavy (non-hydrogen) atoms. The average Bonchev–Trinajstić information content (AvgIpc) is 0.739. The Bertz CT molecular complexity index is 3940. The fraction of sp³-hybridized carbons (Fsp3) is 0.500. The first-order valence-corrected chi connectivity index (χ1v) is 20.8. The quantitative estimate of drug-likeness (QED) is 0.169. The maximum atomic E-state index is 12.5. The van der Waals surface area contributed by atoms with E-state index in [1.54, 1.807) is 0 Å². The second kappa shape index (κ2) is 22.3. The zero-order chi connectivity index (χ0) is 70.9. The van der Waals surface area contributed by atoms with Gasteiger partial charge in [0.05, 0.1) is 45.2 Å². The van der Waals surface area contributed by atoms with Crippen molar-refractivity contribution in [3.63, 3.8) is 0 Å². The second-order valence-electron chi connectivity index (χ2n) is 15.2. The highest BCUT2D eigenvalue weighted by Gasteiger charge is 2.36. The number of carbonyl (C=O) groups excluding carboxylic acids is 3. The van der Waals surface area contributed by atoms with Crippen LogP contribution in [0.25, 0.3) is 47.6 Å². The lowest BCUT2D eigenvalue weighted by Gasteiger charge is -2.41. The summed E-state index contributed by atoms with van der Waals surface area (Å²) >= 11 is 0. The summed E-state index contributed by atoms with van der Waals surface area (Å²) in [6, 6.07) is -3.26. The Morgan fingerprint density at radius 1 is 0.652 bits per heavy atom. The summed E-state index contributed by atoms with van der Waals surface area (Å²) in [5.41, 5.74) is 0.445. The van der Waals surface area contributed by atoms with Gasteiger partial charge in [-0.15, -0.1) is 0 Å². The van der Waals surface area contributed by atoms with Crippen LogP contribution in [-0.4, -0.2) is 175 Å². The molecule has 3 aliphatic heterocycles. The number of likely N-dealkylation sites (tertiary alicyclic amines) is 3. The molecule has 3 aliphatic rings. The molecular weight excluding hydrogens is 877 g/mol. The summed E-state index contributed by atoms with van der Waals surface area (Å²) in [4.78, 5) is 81.7. The molecular formula is C48H60N18O3. The second-order valence-corrected chi connectivity index (χ2v) is 15.2. The first kappa shape index (κ1) is 26.0. The summed E-state index contributed by atoms with van der Waals surface area (Å²) in [6.45, 7) is -1.94. The summed E-state index contributed by atoms with van der Waals surface area (Å²) < 4.78 is 208. The number of amides is 3. The standard InChI is InChI=1S/3C16H20N6O/c3*1-11-5-7-22(14(23)8-17-2)9-13(11)21(3)16-12-4-6-18-15(12)19-10-20-16/h3*4,6,10-11,13H,5,7-9H2,1,3H3,(H,18,19,20)/t3*11-,13+/m111/s1/i3D3,9D2,10D,11D,13D;1D3,9D2,10D,11D,13D;1D3,3D3,9D2,10D. The molecule has 0 aliphatic carbocycles. The van der Waals surface area contributed by atoms with Crippen molar-refractivity contribution < 1.29 is 48.7 Å². The van der Waals surface area contributed by atoms with E-state index in [0.717, 1.165) is 4.90 Å². The summed E-state index contributed by atoms with van der Waals surface area (Å²) in [5, 5.41) is 0.565. The number of likely N-dealkylation sites (N-methyl/N-ethyl adjacent to an activating group) is 3. The van der Waals surface area contributed by atoms with Crippen molar-refractivity contribution in [3.8, 4) is 0 Å². The van der Waals surface area contributed by atoms with E-state index in [0.29, 0.717) is 29.9 Å². The van der Waals surface area contributed by atoms with Gasteiger partial charge in [0.1, 0.15) is 57.4 Å². The Morgan fingerprint density at radius 2 is 1.07 bits per heavy atom. The van der Waals surface area contributed by atoms with Gasteiger partial charge >= 0.3 is 17.7 Å². The minimum absolute atomic E-state index is 0.108. The van der Waals surface area contributed by atoms with Crippen molar-refractivity contribution in [2.45, 2.75) is 58.0 Å². The third kappa shape index (κ3) is 11.0. The first-order chi connectivity index (χ1) is 43.1. The van der Waals surface area contributed by atoms with Crippen LogP contribution >= 0.6 is 0 Å². The lowest BCUT2D eigenvalue weighted by atomic mass is 9.92. The molecule has 6 aromatic heterocycles. The molecule has 0 bridgehead atoms. The highest BCUT2D eigenvalue weighted by molar-refractivity contribution is 5.89. The molecule has 3 amide bonds. The van der Waals surface area contributed by atoms with Gasteiger partial charge in [-0.2, -0.15) is 0 Å². The van der Waals surface area contributed by atoms with E-state index in [-0.39, 0.29) is 65.3 Å². The molecule has 0 aromatic carbocycles. The van der Waals surface area contributed by atoms with Crippen LogP contribution in [0.2, 0.25) is 0 Å². The predicted molar refractivity (Wildman–Crippen MR) is 264 cm³/mol. The number of aromatic nitrogens is 9. The highest BCUT2D eigenvalue weighted by Crippen LogP contribution is 2.31. The Balaban J connectivity index is 0.000000200. The topological polar surface area (TPSA) is 208 Å². The number of aromatic amines is 3. The number of nitrogens with zero attached hydrogens (tertiary/aromatic N) is 15. The van der Waals surface area contributed by atoms with Gasteiger partial charge in [-0.05, 0) is 55.2 Å². The fourth-order valence-electron chi connectivity index (χ4n) is 7.20. The molecule has 0 spiro atoms. The van der Waals surface area contributed by atoms with Crippen LogP contribution in [0.4, 0.5) is 17.5 Å². The van der Waals surface area contributed by atoms with Crippen molar-refractivity contribution >= 4 is 68.3 Å². The van der Waals surface area contributed by atoms with Crippen LogP contribution < -0.4 is 14.7 Å². The van der Waals surface area contributed by atoms with Gasteiger partial charge in [0.2, 0.25) is 0 Å². The molecule has 3 N–H and O–H groups in total. The van der Waals surface area contributed by atoms with Crippen molar-refractivity contribution in [3.05, 3.63) is 90.0 Å². The van der Waals surface area contributed by atoms with Crippen LogP contribution in [0.15, 0.2) is 55.7 Å². The third-order valence-corrected chi connectivity index (χ3v) is 10.8. The zero-order valence-corrected chi connectivity index (χ0v) is 36.9. The van der Waals surface area contributed by atoms with Gasteiger partial charge in [0, 0.05) is 97.9 Å². The molecule has 0 radical (unpaired) electrons. The number of rotatable bonds is 9. The molecule has 360 valence electrons. The molecule has 0 saturated carbocycles. The third-order valence-electron chi connectivity index (χ3n) is 10.8. The Kier molecular flexibility index (Phi) is 8.41. The molecule has 9 heterocycles. The molecule has 0 unspecified atom stereocenters. The van der Waals surface area contributed by atoms with Gasteiger partial charge in [0.15, 0.2) is 0 Å². The van der Waals surface area contributed by atoms with Crippen LogP contribution in [0, 0.1) is 37.4 Å². The normalized spacial score (nSPS) is 33.7. The number of piperidine rings is 3. The molecule has 3 saturated heterocycles. The summed E-state index contributed by atoms with van der Waals surface area (Å²) in [6.07, 6.45) is 1.81. The van der Waals surface area contributed by atoms with E-state index in [4.69, 9.17) is 54.0 Å². The monoisotopic (exact) mass is 962 g/mol. The summed E-state index contributed by atoms with van der Waals surface area (Å²) in [7, 11) is 1.21. The Morgan fingerprint density at radius 3 is 1.52 bits per heavy atom.